The first-order valence-electron chi connectivity index (χ1n) is 21.2. The molecule has 9 rings (SSSR count). The second-order valence-electron chi connectivity index (χ2n) is 16.6. The molecule has 2 aliphatic rings. The molecule has 0 atom stereocenters. The summed E-state index contributed by atoms with van der Waals surface area (Å²) < 4.78 is 23.4. The highest BCUT2D eigenvalue weighted by Crippen LogP contribution is 2.40. The lowest BCUT2D eigenvalue weighted by molar-refractivity contribution is 0.0730. The van der Waals surface area contributed by atoms with E-state index in [-0.39, 0.29) is 11.3 Å². The molecule has 0 aliphatic carbocycles. The van der Waals surface area contributed by atoms with Gasteiger partial charge in [0.1, 0.15) is 28.1 Å². The molecule has 0 saturated heterocycles. The van der Waals surface area contributed by atoms with Gasteiger partial charge < -0.3 is 32.7 Å². The van der Waals surface area contributed by atoms with Gasteiger partial charge in [-0.3, -0.25) is 0 Å². The van der Waals surface area contributed by atoms with Gasteiger partial charge in [0.15, 0.2) is 0 Å². The number of hydrogen-bond acceptors (Lipinski definition) is 11. The molecule has 4 aromatic carbocycles. The fourth-order valence-electron chi connectivity index (χ4n) is 9.50. The molecular formula is C50H49N3O8. The van der Waals surface area contributed by atoms with E-state index in [0.29, 0.717) is 42.9 Å². The molecule has 5 heterocycles. The molecule has 7 aromatic rings. The summed E-state index contributed by atoms with van der Waals surface area (Å²) in [6.07, 6.45) is 3.80. The van der Waals surface area contributed by atoms with Gasteiger partial charge in [0, 0.05) is 102 Å². The third-order valence-corrected chi connectivity index (χ3v) is 12.4. The standard InChI is InChI=1S/C50H49N3O8/c1-7-51(41-24-43-38(15-30(41)5)28(3)17-45(54)59-43)26-32-19-33(27-52(8-2)42-25-44-39(16-31(42)6)29(4)18-46(55)60-44)21-36(20-32)58-49(56)40-23-35-22-34-11-9-13-53-14-10-12-37(47(34)53)48(35)61-50(40)57/h15-25H,7-14,26-27H2,1-6H3. The SMILES string of the molecule is CCN(Cc1cc(CN(CC)c2cc3oc(=O)cc(C)c3cc2C)cc(OC(=O)c2cc3cc4c5c(c3oc2=O)CCCN5CCC4)c1)c1cc2oc(=O)cc(C)c2cc1C. The van der Waals surface area contributed by atoms with Crippen LogP contribution in [0.3, 0.4) is 0 Å². The Bertz CT molecular complexity index is 2970. The van der Waals surface area contributed by atoms with Gasteiger partial charge >= 0.3 is 22.8 Å². The van der Waals surface area contributed by atoms with Crippen LogP contribution < -0.4 is 36.3 Å². The molecule has 2 aliphatic heterocycles. The number of hydrogen-bond donors (Lipinski definition) is 0. The zero-order chi connectivity index (χ0) is 42.7. The van der Waals surface area contributed by atoms with Crippen molar-refractivity contribution < 1.29 is 22.8 Å². The van der Waals surface area contributed by atoms with E-state index in [9.17, 15) is 19.2 Å². The highest BCUT2D eigenvalue weighted by Gasteiger charge is 2.28. The smallest absolute Gasteiger partial charge is 0.351 e. The number of nitrogens with zero attached hydrogens (tertiary/aromatic N) is 3. The topological polar surface area (TPSA) is 127 Å². The van der Waals surface area contributed by atoms with Gasteiger partial charge in [-0.25, -0.2) is 19.2 Å². The normalized spacial score (nSPS) is 13.5. The third kappa shape index (κ3) is 7.47. The van der Waals surface area contributed by atoms with Crippen LogP contribution in [0.5, 0.6) is 5.75 Å². The Morgan fingerprint density at radius 2 is 1.21 bits per heavy atom. The average molecular weight is 820 g/mol. The van der Waals surface area contributed by atoms with Crippen molar-refractivity contribution in [1.29, 1.82) is 0 Å². The van der Waals surface area contributed by atoms with E-state index in [2.05, 4.69) is 40.7 Å². The van der Waals surface area contributed by atoms with E-state index in [1.165, 1.54) is 23.4 Å². The molecule has 312 valence electrons. The van der Waals surface area contributed by atoms with Crippen molar-refractivity contribution in [2.75, 3.05) is 40.9 Å². The molecule has 0 N–H and O–H groups in total. The minimum absolute atomic E-state index is 0.160. The number of rotatable bonds is 10. The Morgan fingerprint density at radius 1 is 0.656 bits per heavy atom. The summed E-state index contributed by atoms with van der Waals surface area (Å²) in [5.41, 5.74) is 10.6. The maximum atomic E-state index is 14.1. The number of esters is 1. The van der Waals surface area contributed by atoms with E-state index in [1.54, 1.807) is 6.07 Å². The lowest BCUT2D eigenvalue weighted by Gasteiger charge is -2.37. The first kappa shape index (κ1) is 39.8. The number of benzene rings is 4. The maximum absolute atomic E-state index is 14.1. The molecule has 11 nitrogen and oxygen atoms in total. The van der Waals surface area contributed by atoms with Crippen molar-refractivity contribution in [3.63, 3.8) is 0 Å². The van der Waals surface area contributed by atoms with Gasteiger partial charge in [0.2, 0.25) is 0 Å². The van der Waals surface area contributed by atoms with Crippen LogP contribution in [0.25, 0.3) is 32.9 Å². The van der Waals surface area contributed by atoms with Crippen molar-refractivity contribution in [3.05, 3.63) is 148 Å². The first-order chi connectivity index (χ1) is 29.4. The second-order valence-corrected chi connectivity index (χ2v) is 16.6. The van der Waals surface area contributed by atoms with E-state index in [0.717, 1.165) is 105 Å². The Balaban J connectivity index is 1.10. The zero-order valence-electron chi connectivity index (χ0n) is 35.5. The van der Waals surface area contributed by atoms with E-state index >= 15 is 0 Å². The molecule has 0 radical (unpaired) electrons. The van der Waals surface area contributed by atoms with Crippen LogP contribution in [0.1, 0.15) is 81.6 Å². The van der Waals surface area contributed by atoms with E-state index < -0.39 is 22.8 Å². The lowest BCUT2D eigenvalue weighted by Crippen LogP contribution is -2.34. The third-order valence-electron chi connectivity index (χ3n) is 12.4. The zero-order valence-corrected chi connectivity index (χ0v) is 35.5. The van der Waals surface area contributed by atoms with Crippen molar-refractivity contribution in [1.82, 2.24) is 0 Å². The Labute approximate surface area is 352 Å². The van der Waals surface area contributed by atoms with Crippen LogP contribution in [0.2, 0.25) is 0 Å². The van der Waals surface area contributed by atoms with Gasteiger partial charge in [-0.1, -0.05) is 6.07 Å². The fraction of sp³-hybridized carbons (Fsp3) is 0.320. The van der Waals surface area contributed by atoms with Crippen molar-refractivity contribution >= 4 is 55.9 Å². The van der Waals surface area contributed by atoms with Crippen LogP contribution in [-0.4, -0.2) is 32.1 Å². The van der Waals surface area contributed by atoms with E-state index in [1.807, 2.05) is 64.1 Å². The van der Waals surface area contributed by atoms with Crippen LogP contribution >= 0.6 is 0 Å². The fourth-order valence-corrected chi connectivity index (χ4v) is 9.50. The van der Waals surface area contributed by atoms with Crippen molar-refractivity contribution in [3.8, 4) is 5.75 Å². The summed E-state index contributed by atoms with van der Waals surface area (Å²) in [5, 5.41) is 2.49. The molecule has 3 aromatic heterocycles. The highest BCUT2D eigenvalue weighted by atomic mass is 16.5. The summed E-state index contributed by atoms with van der Waals surface area (Å²) in [5.74, 6) is -0.507. The van der Waals surface area contributed by atoms with Gasteiger partial charge in [-0.2, -0.15) is 0 Å². The van der Waals surface area contributed by atoms with Gasteiger partial charge in [-0.05, 0) is 143 Å². The average Bonchev–Trinajstić information content (AvgIpc) is 3.22. The van der Waals surface area contributed by atoms with Crippen molar-refractivity contribution in [2.24, 2.45) is 0 Å². The number of carbonyl (C=O) groups excluding carboxylic acids is 1. The van der Waals surface area contributed by atoms with Crippen LogP contribution in [0.4, 0.5) is 17.1 Å². The molecular weight excluding hydrogens is 771 g/mol. The van der Waals surface area contributed by atoms with Crippen LogP contribution in [-0.2, 0) is 25.9 Å². The summed E-state index contributed by atoms with van der Waals surface area (Å²) >= 11 is 0. The molecule has 0 unspecified atom stereocenters. The second kappa shape index (κ2) is 15.8. The number of fused-ring (bicyclic) bond motifs is 4. The predicted octanol–water partition coefficient (Wildman–Crippen LogP) is 9.21. The Hall–Kier alpha value is -6.62. The lowest BCUT2D eigenvalue weighted by atomic mass is 9.90. The quantitative estimate of drug-likeness (QED) is 0.0745. The number of aryl methyl sites for hydroxylation is 6. The molecule has 0 bridgehead atoms. The summed E-state index contributed by atoms with van der Waals surface area (Å²) in [7, 11) is 0. The largest absolute Gasteiger partial charge is 0.423 e. The highest BCUT2D eigenvalue weighted by molar-refractivity contribution is 5.96. The minimum atomic E-state index is -0.794. The summed E-state index contributed by atoms with van der Waals surface area (Å²) in [6, 6.07) is 20.4. The van der Waals surface area contributed by atoms with Crippen LogP contribution in [0.15, 0.2) is 94.4 Å². The summed E-state index contributed by atoms with van der Waals surface area (Å²) in [4.78, 5) is 59.1. The molecule has 0 amide bonds. The minimum Gasteiger partial charge on any atom is -0.423 e. The monoisotopic (exact) mass is 819 g/mol. The van der Waals surface area contributed by atoms with Gasteiger partial charge in [0.25, 0.3) is 0 Å². The van der Waals surface area contributed by atoms with Crippen LogP contribution in [0, 0.1) is 27.7 Å². The van der Waals surface area contributed by atoms with Crippen molar-refractivity contribution in [2.45, 2.75) is 80.3 Å². The first-order valence-corrected chi connectivity index (χ1v) is 21.2. The Morgan fingerprint density at radius 3 is 1.77 bits per heavy atom. The summed E-state index contributed by atoms with van der Waals surface area (Å²) in [6.45, 7) is 16.1. The Kier molecular flexibility index (Phi) is 10.3. The molecule has 11 heteroatoms. The maximum Gasteiger partial charge on any atom is 0.351 e. The molecule has 0 saturated carbocycles. The number of carbonyl (C=O) groups is 1. The van der Waals surface area contributed by atoms with Gasteiger partial charge in [0.05, 0.1) is 0 Å². The van der Waals surface area contributed by atoms with Gasteiger partial charge in [-0.15, -0.1) is 0 Å². The molecule has 61 heavy (non-hydrogen) atoms. The number of anilines is 3. The molecule has 0 fully saturated rings. The molecule has 0 spiro atoms. The van der Waals surface area contributed by atoms with E-state index in [4.69, 9.17) is 18.0 Å². The predicted molar refractivity (Wildman–Crippen MR) is 240 cm³/mol. The number of ether oxygens (including phenoxy) is 1.